The maximum Gasteiger partial charge on any atom is 0.120 e. The molecule has 76 valence electrons. The lowest BCUT2D eigenvalue weighted by atomic mass is 9.89. The van der Waals surface area contributed by atoms with E-state index in [4.69, 9.17) is 4.74 Å². The first kappa shape index (κ1) is 9.34. The van der Waals surface area contributed by atoms with Crippen LogP contribution in [0.4, 0.5) is 5.69 Å². The van der Waals surface area contributed by atoms with Crippen molar-refractivity contribution in [1.29, 1.82) is 0 Å². The zero-order valence-electron chi connectivity index (χ0n) is 8.23. The number of methoxy groups -OCH3 is 1. The molecule has 0 bridgehead atoms. The van der Waals surface area contributed by atoms with Crippen LogP contribution < -0.4 is 10.1 Å². The molecule has 3 heteroatoms. The highest BCUT2D eigenvalue weighted by Gasteiger charge is 2.28. The maximum atomic E-state index is 9.40. The van der Waals surface area contributed by atoms with Crippen LogP contribution in [-0.2, 0) is 0 Å². The molecule has 0 heterocycles. The van der Waals surface area contributed by atoms with Crippen LogP contribution in [0, 0.1) is 0 Å². The number of anilines is 1. The summed E-state index contributed by atoms with van der Waals surface area (Å²) in [5.41, 5.74) is 1.01. The fourth-order valence-corrected chi connectivity index (χ4v) is 1.58. The Labute approximate surface area is 83.7 Å². The molecule has 0 aromatic heterocycles. The van der Waals surface area contributed by atoms with Crippen LogP contribution in [0.1, 0.15) is 12.8 Å². The third-order valence-corrected chi connectivity index (χ3v) is 2.66. The van der Waals surface area contributed by atoms with Crippen molar-refractivity contribution in [3.05, 3.63) is 24.3 Å². The lowest BCUT2D eigenvalue weighted by molar-refractivity contribution is 0.0786. The number of aliphatic hydroxyl groups excluding tert-OH is 1. The van der Waals surface area contributed by atoms with Gasteiger partial charge in [-0.3, -0.25) is 0 Å². The molecule has 1 aromatic carbocycles. The van der Waals surface area contributed by atoms with Gasteiger partial charge in [0.25, 0.3) is 0 Å². The van der Waals surface area contributed by atoms with E-state index in [-0.39, 0.29) is 12.1 Å². The number of hydrogen-bond acceptors (Lipinski definition) is 3. The molecule has 2 N–H and O–H groups in total. The zero-order valence-corrected chi connectivity index (χ0v) is 8.23. The first-order chi connectivity index (χ1) is 6.79. The van der Waals surface area contributed by atoms with Crippen LogP contribution in [-0.4, -0.2) is 24.4 Å². The molecule has 1 aliphatic rings. The van der Waals surface area contributed by atoms with E-state index in [0.717, 1.165) is 24.3 Å². The molecule has 1 saturated carbocycles. The van der Waals surface area contributed by atoms with Gasteiger partial charge in [0, 0.05) is 11.8 Å². The summed E-state index contributed by atoms with van der Waals surface area (Å²) >= 11 is 0. The number of rotatable bonds is 3. The highest BCUT2D eigenvalue weighted by atomic mass is 16.5. The Morgan fingerprint density at radius 3 is 2.86 bits per heavy atom. The smallest absolute Gasteiger partial charge is 0.120 e. The standard InChI is InChI=1S/C11H15NO2/c1-14-9-4-2-3-8(7-9)12-10-5-6-11(10)13/h2-4,7,10-13H,5-6H2,1H3/t10-,11-/m1/s1. The Bertz CT molecular complexity index is 314. The van der Waals surface area contributed by atoms with Crippen LogP contribution in [0.15, 0.2) is 24.3 Å². The van der Waals surface area contributed by atoms with Gasteiger partial charge in [-0.1, -0.05) is 6.07 Å². The summed E-state index contributed by atoms with van der Waals surface area (Å²) in [5, 5.41) is 12.7. The summed E-state index contributed by atoms with van der Waals surface area (Å²) in [4.78, 5) is 0. The van der Waals surface area contributed by atoms with Gasteiger partial charge < -0.3 is 15.2 Å². The van der Waals surface area contributed by atoms with Crippen molar-refractivity contribution in [2.75, 3.05) is 12.4 Å². The molecule has 0 saturated heterocycles. The van der Waals surface area contributed by atoms with Crippen molar-refractivity contribution in [2.24, 2.45) is 0 Å². The Hall–Kier alpha value is -1.22. The van der Waals surface area contributed by atoms with Crippen molar-refractivity contribution in [3.8, 4) is 5.75 Å². The van der Waals surface area contributed by atoms with E-state index in [9.17, 15) is 5.11 Å². The quantitative estimate of drug-likeness (QED) is 0.766. The molecule has 0 amide bonds. The summed E-state index contributed by atoms with van der Waals surface area (Å²) < 4.78 is 5.11. The molecule has 1 fully saturated rings. The third-order valence-electron chi connectivity index (χ3n) is 2.66. The molecule has 14 heavy (non-hydrogen) atoms. The lowest BCUT2D eigenvalue weighted by Crippen LogP contribution is -2.42. The summed E-state index contributed by atoms with van der Waals surface area (Å²) in [7, 11) is 1.65. The van der Waals surface area contributed by atoms with Crippen molar-refractivity contribution >= 4 is 5.69 Å². The largest absolute Gasteiger partial charge is 0.497 e. The Balaban J connectivity index is 2.01. The van der Waals surface area contributed by atoms with Gasteiger partial charge in [0.2, 0.25) is 0 Å². The van der Waals surface area contributed by atoms with Crippen LogP contribution in [0.25, 0.3) is 0 Å². The van der Waals surface area contributed by atoms with Gasteiger partial charge >= 0.3 is 0 Å². The second-order valence-corrected chi connectivity index (χ2v) is 3.63. The van der Waals surface area contributed by atoms with E-state index in [2.05, 4.69) is 5.32 Å². The molecular weight excluding hydrogens is 178 g/mol. The van der Waals surface area contributed by atoms with Gasteiger partial charge in [0.05, 0.1) is 19.3 Å². The van der Waals surface area contributed by atoms with Gasteiger partial charge in [0.15, 0.2) is 0 Å². The predicted molar refractivity (Wildman–Crippen MR) is 55.6 cm³/mol. The van der Waals surface area contributed by atoms with E-state index in [0.29, 0.717) is 0 Å². The Morgan fingerprint density at radius 1 is 1.43 bits per heavy atom. The number of benzene rings is 1. The lowest BCUT2D eigenvalue weighted by Gasteiger charge is -2.33. The van der Waals surface area contributed by atoms with Crippen molar-refractivity contribution < 1.29 is 9.84 Å². The minimum absolute atomic E-state index is 0.193. The first-order valence-electron chi connectivity index (χ1n) is 4.88. The van der Waals surface area contributed by atoms with Crippen LogP contribution in [0.2, 0.25) is 0 Å². The SMILES string of the molecule is COc1cccc(N[C@@H]2CC[C@H]2O)c1. The molecule has 0 spiro atoms. The molecule has 0 aliphatic heterocycles. The second kappa shape index (κ2) is 3.88. The number of ether oxygens (including phenoxy) is 1. The van der Waals surface area contributed by atoms with Crippen LogP contribution in [0.3, 0.4) is 0 Å². The second-order valence-electron chi connectivity index (χ2n) is 3.63. The molecule has 1 aromatic rings. The van der Waals surface area contributed by atoms with E-state index in [1.54, 1.807) is 7.11 Å². The fraction of sp³-hybridized carbons (Fsp3) is 0.455. The number of nitrogens with one attached hydrogen (secondary N) is 1. The highest BCUT2D eigenvalue weighted by molar-refractivity contribution is 5.49. The molecule has 2 rings (SSSR count). The Kier molecular flexibility index (Phi) is 2.59. The molecule has 0 radical (unpaired) electrons. The van der Waals surface area contributed by atoms with Gasteiger partial charge in [-0.15, -0.1) is 0 Å². The fourth-order valence-electron chi connectivity index (χ4n) is 1.58. The predicted octanol–water partition coefficient (Wildman–Crippen LogP) is 1.63. The van der Waals surface area contributed by atoms with Gasteiger partial charge in [-0.05, 0) is 25.0 Å². The molecular formula is C11H15NO2. The highest BCUT2D eigenvalue weighted by Crippen LogP contribution is 2.25. The van der Waals surface area contributed by atoms with Gasteiger partial charge in [-0.25, -0.2) is 0 Å². The first-order valence-corrected chi connectivity index (χ1v) is 4.88. The van der Waals surface area contributed by atoms with Gasteiger partial charge in [0.1, 0.15) is 5.75 Å². The summed E-state index contributed by atoms with van der Waals surface area (Å²) in [6.07, 6.45) is 1.75. The number of aliphatic hydroxyl groups is 1. The van der Waals surface area contributed by atoms with Crippen molar-refractivity contribution in [1.82, 2.24) is 0 Å². The summed E-state index contributed by atoms with van der Waals surface area (Å²) in [5.74, 6) is 0.837. The van der Waals surface area contributed by atoms with E-state index in [1.165, 1.54) is 0 Å². The van der Waals surface area contributed by atoms with E-state index < -0.39 is 0 Å². The summed E-state index contributed by atoms with van der Waals surface area (Å²) in [6, 6.07) is 7.97. The van der Waals surface area contributed by atoms with Crippen LogP contribution >= 0.6 is 0 Å². The monoisotopic (exact) mass is 193 g/mol. The normalized spacial score (nSPS) is 25.3. The zero-order chi connectivity index (χ0) is 9.97. The third kappa shape index (κ3) is 1.82. The molecule has 1 aliphatic carbocycles. The summed E-state index contributed by atoms with van der Waals surface area (Å²) in [6.45, 7) is 0. The topological polar surface area (TPSA) is 41.5 Å². The van der Waals surface area contributed by atoms with Crippen molar-refractivity contribution in [2.45, 2.75) is 25.0 Å². The van der Waals surface area contributed by atoms with Gasteiger partial charge in [-0.2, -0.15) is 0 Å². The van der Waals surface area contributed by atoms with Crippen molar-refractivity contribution in [3.63, 3.8) is 0 Å². The average molecular weight is 193 g/mol. The van der Waals surface area contributed by atoms with Crippen LogP contribution in [0.5, 0.6) is 5.75 Å². The molecule has 2 atom stereocenters. The molecule has 0 unspecified atom stereocenters. The Morgan fingerprint density at radius 2 is 2.29 bits per heavy atom. The van der Waals surface area contributed by atoms with E-state index >= 15 is 0 Å². The van der Waals surface area contributed by atoms with E-state index in [1.807, 2.05) is 24.3 Å². The minimum atomic E-state index is -0.193. The number of hydrogen-bond donors (Lipinski definition) is 2. The molecule has 3 nitrogen and oxygen atoms in total. The minimum Gasteiger partial charge on any atom is -0.497 e. The maximum absolute atomic E-state index is 9.40. The average Bonchev–Trinajstić information content (AvgIpc) is 2.24.